The van der Waals surface area contributed by atoms with Crippen molar-refractivity contribution < 1.29 is 99.0 Å². The van der Waals surface area contributed by atoms with Gasteiger partial charge >= 0.3 is 17.9 Å². The summed E-state index contributed by atoms with van der Waals surface area (Å²) < 4.78 is 34.8. The Hall–Kier alpha value is -2.15. The summed E-state index contributed by atoms with van der Waals surface area (Å²) in [6.07, 6.45) is -26.2. The smallest absolute Gasteiger partial charge is 0.335 e. The first-order valence-electron chi connectivity index (χ1n) is 16.6. The standard InChI is InChI=1S/C30H46O20/c31-8-17-25(48-19(38)7-18(36)37)23(42)27(50-29-22(41)20(39)21(40)26(49-29)28(43)44)30(47-17)46-16-6-11-13(34)4-10(32)5-15(11)45-24(16)9-1-2-12(33)14(35)3-9/h9-17,20-27,29-35,39-42H,1-8H2,(H,36,37)(H,43,44)/t9?,10?,11?,12?,13?,14?,15?,16?,17-,20+,21+,22-,23+,24?,25+,26+,27-,29+,30-/m1/s1. The van der Waals surface area contributed by atoms with E-state index in [0.717, 1.165) is 0 Å². The highest BCUT2D eigenvalue weighted by Crippen LogP contribution is 2.44. The fraction of sp³-hybridized carbons (Fsp3) is 0.900. The number of aliphatic carboxylic acids is 2. The lowest BCUT2D eigenvalue weighted by Crippen LogP contribution is -2.66. The molecule has 2 aliphatic carbocycles. The molecule has 0 aromatic rings. The van der Waals surface area contributed by atoms with Gasteiger partial charge in [-0.2, -0.15) is 0 Å². The summed E-state index contributed by atoms with van der Waals surface area (Å²) in [6, 6.07) is 0. The second-order valence-corrected chi connectivity index (χ2v) is 13.7. The fourth-order valence-corrected chi connectivity index (χ4v) is 7.66. The second-order valence-electron chi connectivity index (χ2n) is 13.7. The highest BCUT2D eigenvalue weighted by molar-refractivity contribution is 5.90. The van der Waals surface area contributed by atoms with Crippen LogP contribution in [0, 0.1) is 11.8 Å². The van der Waals surface area contributed by atoms with Crippen molar-refractivity contribution in [1.82, 2.24) is 0 Å². The minimum Gasteiger partial charge on any atom is -0.481 e. The van der Waals surface area contributed by atoms with Gasteiger partial charge in [-0.15, -0.1) is 0 Å². The molecule has 0 aromatic heterocycles. The van der Waals surface area contributed by atoms with Gasteiger partial charge in [0.2, 0.25) is 0 Å². The molecule has 9 unspecified atom stereocenters. The third kappa shape index (κ3) is 8.39. The molecule has 11 N–H and O–H groups in total. The monoisotopic (exact) mass is 726 g/mol. The first-order valence-corrected chi connectivity index (χ1v) is 16.6. The lowest BCUT2D eigenvalue weighted by Gasteiger charge is -2.52. The molecule has 5 aliphatic rings. The van der Waals surface area contributed by atoms with Crippen molar-refractivity contribution in [1.29, 1.82) is 0 Å². The van der Waals surface area contributed by atoms with Crippen LogP contribution in [0.5, 0.6) is 0 Å². The second kappa shape index (κ2) is 16.3. The summed E-state index contributed by atoms with van der Waals surface area (Å²) in [4.78, 5) is 35.2. The average Bonchev–Trinajstić information content (AvgIpc) is 3.04. The van der Waals surface area contributed by atoms with Crippen LogP contribution in [0.3, 0.4) is 0 Å². The third-order valence-electron chi connectivity index (χ3n) is 10.3. The molecular weight excluding hydrogens is 680 g/mol. The maximum atomic E-state index is 12.3. The molecule has 0 radical (unpaired) electrons. The predicted octanol–water partition coefficient (Wildman–Crippen LogP) is -5.08. The molecule has 286 valence electrons. The van der Waals surface area contributed by atoms with Crippen LogP contribution in [0.4, 0.5) is 0 Å². The Kier molecular flexibility index (Phi) is 12.7. The molecule has 50 heavy (non-hydrogen) atoms. The summed E-state index contributed by atoms with van der Waals surface area (Å²) in [5.41, 5.74) is 0. The van der Waals surface area contributed by atoms with Crippen LogP contribution in [0.2, 0.25) is 0 Å². The number of carboxylic acid groups (broad SMARTS) is 2. The number of carbonyl (C=O) groups excluding carboxylic acids is 1. The topological polar surface area (TPSA) is 329 Å². The maximum absolute atomic E-state index is 12.3. The van der Waals surface area contributed by atoms with Gasteiger partial charge in [0.1, 0.15) is 43.0 Å². The Bertz CT molecular complexity index is 1190. The summed E-state index contributed by atoms with van der Waals surface area (Å²) in [7, 11) is 0. The zero-order valence-corrected chi connectivity index (χ0v) is 26.7. The van der Waals surface area contributed by atoms with Crippen LogP contribution in [0.1, 0.15) is 44.9 Å². The lowest BCUT2D eigenvalue weighted by atomic mass is 9.72. The maximum Gasteiger partial charge on any atom is 0.335 e. The Morgan fingerprint density at radius 1 is 0.680 bits per heavy atom. The van der Waals surface area contributed by atoms with Gasteiger partial charge in [-0.25, -0.2) is 4.79 Å². The van der Waals surface area contributed by atoms with Crippen molar-refractivity contribution >= 4 is 17.9 Å². The molecule has 3 aliphatic heterocycles. The number of esters is 1. The zero-order valence-electron chi connectivity index (χ0n) is 26.7. The fourth-order valence-electron chi connectivity index (χ4n) is 7.66. The normalized spacial score (nSPS) is 48.3. The molecule has 3 heterocycles. The molecular formula is C30H46O20. The number of aliphatic hydroxyl groups is 9. The minimum absolute atomic E-state index is 0.0480. The quantitative estimate of drug-likeness (QED) is 0.0741. The van der Waals surface area contributed by atoms with Crippen molar-refractivity contribution in [3.8, 4) is 0 Å². The van der Waals surface area contributed by atoms with Crippen LogP contribution in [-0.4, -0.2) is 185 Å². The summed E-state index contributed by atoms with van der Waals surface area (Å²) >= 11 is 0. The van der Waals surface area contributed by atoms with Crippen LogP contribution in [0.25, 0.3) is 0 Å². The van der Waals surface area contributed by atoms with Gasteiger partial charge in [0.15, 0.2) is 24.8 Å². The van der Waals surface area contributed by atoms with Gasteiger partial charge in [-0.05, 0) is 44.4 Å². The van der Waals surface area contributed by atoms with Crippen LogP contribution >= 0.6 is 0 Å². The predicted molar refractivity (Wildman–Crippen MR) is 155 cm³/mol. The van der Waals surface area contributed by atoms with E-state index in [-0.39, 0.29) is 32.1 Å². The summed E-state index contributed by atoms with van der Waals surface area (Å²) in [6.45, 7) is -0.915. The van der Waals surface area contributed by atoms with Crippen LogP contribution < -0.4 is 0 Å². The Labute approximate surface area is 284 Å². The van der Waals surface area contributed by atoms with E-state index in [1.165, 1.54) is 0 Å². The van der Waals surface area contributed by atoms with Gasteiger partial charge in [-0.1, -0.05) is 0 Å². The minimum atomic E-state index is -2.12. The molecule has 20 heteroatoms. The third-order valence-corrected chi connectivity index (χ3v) is 10.3. The van der Waals surface area contributed by atoms with E-state index in [1.54, 1.807) is 0 Å². The Morgan fingerprint density at radius 3 is 2.04 bits per heavy atom. The largest absolute Gasteiger partial charge is 0.481 e. The van der Waals surface area contributed by atoms with Crippen molar-refractivity contribution in [3.63, 3.8) is 0 Å². The lowest BCUT2D eigenvalue weighted by molar-refractivity contribution is -0.376. The van der Waals surface area contributed by atoms with Crippen LogP contribution in [-0.2, 0) is 42.8 Å². The van der Waals surface area contributed by atoms with Crippen molar-refractivity contribution in [2.75, 3.05) is 6.61 Å². The molecule has 0 amide bonds. The number of hydrogen-bond acceptors (Lipinski definition) is 18. The van der Waals surface area contributed by atoms with Crippen molar-refractivity contribution in [3.05, 3.63) is 0 Å². The van der Waals surface area contributed by atoms with Crippen molar-refractivity contribution in [2.45, 2.75) is 149 Å². The highest BCUT2D eigenvalue weighted by atomic mass is 16.8. The van der Waals surface area contributed by atoms with Crippen molar-refractivity contribution in [2.24, 2.45) is 11.8 Å². The van der Waals surface area contributed by atoms with E-state index in [0.29, 0.717) is 6.42 Å². The Balaban J connectivity index is 1.46. The van der Waals surface area contributed by atoms with E-state index >= 15 is 0 Å². The van der Waals surface area contributed by atoms with Gasteiger partial charge < -0.3 is 84.6 Å². The number of hydrogen-bond donors (Lipinski definition) is 11. The first-order chi connectivity index (χ1) is 23.6. The van der Waals surface area contributed by atoms with E-state index in [4.69, 9.17) is 33.5 Å². The summed E-state index contributed by atoms with van der Waals surface area (Å²) in [5.74, 6) is -5.64. The van der Waals surface area contributed by atoms with Gasteiger partial charge in [0, 0.05) is 5.92 Å². The molecule has 0 aromatic carbocycles. The molecule has 20 nitrogen and oxygen atoms in total. The molecule has 2 saturated carbocycles. The van der Waals surface area contributed by atoms with Gasteiger partial charge in [-0.3, -0.25) is 9.59 Å². The zero-order chi connectivity index (χ0) is 36.6. The average molecular weight is 727 g/mol. The SMILES string of the molecule is O=C(O)CC(=O)O[C@@H]1[C@H](O)[C@@H](O[C@@H]2O[C@H](C(=O)O)[C@@H](O)[C@H](O)[C@H]2O)[C@H](OC2CC3C(O)CC(O)CC3OC2C2CCC(O)C(O)C2)O[C@@H]1CO. The van der Waals surface area contributed by atoms with Crippen LogP contribution in [0.15, 0.2) is 0 Å². The Morgan fingerprint density at radius 2 is 1.40 bits per heavy atom. The van der Waals surface area contributed by atoms with E-state index in [1.807, 2.05) is 0 Å². The molecule has 0 bridgehead atoms. The van der Waals surface area contributed by atoms with Gasteiger partial charge in [0.05, 0.1) is 49.3 Å². The molecule has 3 saturated heterocycles. The molecule has 5 fully saturated rings. The molecule has 5 rings (SSSR count). The number of carbonyl (C=O) groups is 3. The highest BCUT2D eigenvalue weighted by Gasteiger charge is 2.56. The molecule has 19 atom stereocenters. The van der Waals surface area contributed by atoms with E-state index in [9.17, 15) is 65.4 Å². The number of carboxylic acids is 2. The van der Waals surface area contributed by atoms with E-state index < -0.39 is 147 Å². The number of rotatable bonds is 10. The number of aliphatic hydroxyl groups excluding tert-OH is 9. The molecule has 0 spiro atoms. The first kappa shape index (κ1) is 39.1. The van der Waals surface area contributed by atoms with Gasteiger partial charge in [0.25, 0.3) is 0 Å². The summed E-state index contributed by atoms with van der Waals surface area (Å²) in [5, 5.41) is 113. The number of ether oxygens (including phenoxy) is 6. The van der Waals surface area contributed by atoms with E-state index in [2.05, 4.69) is 0 Å². The number of fused-ring (bicyclic) bond motifs is 1.